The molecule has 3 aromatic carbocycles. The van der Waals surface area contributed by atoms with Gasteiger partial charge in [0.25, 0.3) is 0 Å². The fraction of sp³-hybridized carbons (Fsp3) is 0.294. The molecule has 1 aliphatic heterocycles. The van der Waals surface area contributed by atoms with Crippen LogP contribution in [0.15, 0.2) is 70.3 Å². The zero-order chi connectivity index (χ0) is 33.7. The van der Waals surface area contributed by atoms with Gasteiger partial charge in [0, 0.05) is 24.1 Å². The fourth-order valence-corrected chi connectivity index (χ4v) is 6.45. The molecule has 0 N–H and O–H groups in total. The zero-order valence-corrected chi connectivity index (χ0v) is 27.9. The summed E-state index contributed by atoms with van der Waals surface area (Å²) in [6.07, 6.45) is 4.42. The van der Waals surface area contributed by atoms with Crippen LogP contribution in [-0.2, 0) is 25.3 Å². The number of aromatic nitrogens is 8. The molecule has 252 valence electrons. The summed E-state index contributed by atoms with van der Waals surface area (Å²) in [4.78, 5) is 4.58. The first kappa shape index (κ1) is 32.1. The Morgan fingerprint density at radius 3 is 2.41 bits per heavy atom. The van der Waals surface area contributed by atoms with Gasteiger partial charge in [-0.25, -0.2) is 4.39 Å². The number of ether oxygens (including phenoxy) is 4. The van der Waals surface area contributed by atoms with E-state index in [1.807, 2.05) is 24.3 Å². The molecule has 0 radical (unpaired) electrons. The van der Waals surface area contributed by atoms with Gasteiger partial charge in [-0.1, -0.05) is 35.5 Å². The van der Waals surface area contributed by atoms with Crippen molar-refractivity contribution in [1.29, 1.82) is 0 Å². The summed E-state index contributed by atoms with van der Waals surface area (Å²) >= 11 is 1.28. The van der Waals surface area contributed by atoms with Crippen molar-refractivity contribution in [2.45, 2.75) is 49.7 Å². The van der Waals surface area contributed by atoms with Crippen LogP contribution in [0.3, 0.4) is 0 Å². The first-order valence-electron chi connectivity index (χ1n) is 15.7. The van der Waals surface area contributed by atoms with Crippen molar-refractivity contribution in [2.75, 3.05) is 21.3 Å². The van der Waals surface area contributed by atoms with Crippen molar-refractivity contribution >= 4 is 11.8 Å². The number of thioether (sulfide) groups is 1. The Morgan fingerprint density at radius 2 is 1.65 bits per heavy atom. The summed E-state index contributed by atoms with van der Waals surface area (Å²) in [7, 11) is 4.58. The van der Waals surface area contributed by atoms with E-state index in [1.165, 1.54) is 45.6 Å². The minimum Gasteiger partial charge on any atom is -0.493 e. The molecule has 7 rings (SSSR count). The van der Waals surface area contributed by atoms with E-state index in [0.717, 1.165) is 43.0 Å². The standard InChI is InChI=1S/C34H33FN8O5S/c1-44-26-17-22(18-27(45-2)31(26)46-3)33-39-40-34(43(33)25-10-7-6-9-24(25)35)49-20-30-36-32(41-48-30)21-12-14-23(15-13-21)47-19-29-38-37-28-11-5-4-8-16-42(28)29/h6-7,9-10,12-15,17-18H,4-5,8,11,16,19-20H2,1-3H3. The van der Waals surface area contributed by atoms with E-state index in [1.54, 1.807) is 34.9 Å². The lowest BCUT2D eigenvalue weighted by Crippen LogP contribution is -2.08. The average Bonchev–Trinajstić information content (AvgIpc) is 3.84. The van der Waals surface area contributed by atoms with Gasteiger partial charge in [0.1, 0.15) is 24.0 Å². The van der Waals surface area contributed by atoms with Gasteiger partial charge in [0.05, 0.1) is 32.8 Å². The number of nitrogens with zero attached hydrogens (tertiary/aromatic N) is 8. The molecule has 0 atom stereocenters. The molecule has 0 saturated heterocycles. The van der Waals surface area contributed by atoms with Crippen molar-refractivity contribution in [3.8, 4) is 51.5 Å². The third-order valence-corrected chi connectivity index (χ3v) is 9.02. The molecule has 0 unspecified atom stereocenters. The van der Waals surface area contributed by atoms with Crippen LogP contribution in [0, 0.1) is 5.82 Å². The number of halogens is 1. The van der Waals surface area contributed by atoms with Gasteiger partial charge >= 0.3 is 0 Å². The second-order valence-electron chi connectivity index (χ2n) is 11.1. The number of fused-ring (bicyclic) bond motifs is 1. The van der Waals surface area contributed by atoms with Gasteiger partial charge in [-0.15, -0.1) is 20.4 Å². The van der Waals surface area contributed by atoms with Gasteiger partial charge in [0.2, 0.25) is 17.5 Å². The molecule has 3 aromatic heterocycles. The molecule has 0 aliphatic carbocycles. The third kappa shape index (κ3) is 6.66. The van der Waals surface area contributed by atoms with Gasteiger partial charge in [-0.3, -0.25) is 4.57 Å². The van der Waals surface area contributed by atoms with E-state index < -0.39 is 5.82 Å². The lowest BCUT2D eigenvalue weighted by Gasteiger charge is -2.15. The Kier molecular flexibility index (Phi) is 9.41. The quantitative estimate of drug-likeness (QED) is 0.133. The normalized spacial score (nSPS) is 12.7. The molecule has 6 aromatic rings. The van der Waals surface area contributed by atoms with E-state index in [-0.39, 0.29) is 11.4 Å². The monoisotopic (exact) mass is 684 g/mol. The maximum Gasteiger partial charge on any atom is 0.237 e. The Bertz CT molecular complexity index is 2040. The van der Waals surface area contributed by atoms with Crippen LogP contribution >= 0.6 is 11.8 Å². The van der Waals surface area contributed by atoms with Crippen molar-refractivity contribution in [2.24, 2.45) is 0 Å². The van der Waals surface area contributed by atoms with Crippen LogP contribution in [0.5, 0.6) is 23.0 Å². The van der Waals surface area contributed by atoms with Crippen molar-refractivity contribution in [3.63, 3.8) is 0 Å². The summed E-state index contributed by atoms with van der Waals surface area (Å²) < 4.78 is 47.1. The summed E-state index contributed by atoms with van der Waals surface area (Å²) in [5.74, 6) is 4.84. The Morgan fingerprint density at radius 1 is 0.857 bits per heavy atom. The van der Waals surface area contributed by atoms with Crippen molar-refractivity contribution < 1.29 is 27.9 Å². The summed E-state index contributed by atoms with van der Waals surface area (Å²) in [5, 5.41) is 22.1. The highest BCUT2D eigenvalue weighted by Gasteiger charge is 2.23. The highest BCUT2D eigenvalue weighted by Crippen LogP contribution is 2.42. The van der Waals surface area contributed by atoms with E-state index in [9.17, 15) is 0 Å². The number of hydrogen-bond acceptors (Lipinski definition) is 12. The zero-order valence-electron chi connectivity index (χ0n) is 27.1. The van der Waals surface area contributed by atoms with E-state index in [2.05, 4.69) is 35.1 Å². The molecule has 4 heterocycles. The molecule has 0 spiro atoms. The number of methoxy groups -OCH3 is 3. The van der Waals surface area contributed by atoms with Crippen LogP contribution in [0.4, 0.5) is 4.39 Å². The molecular weight excluding hydrogens is 651 g/mol. The molecule has 15 heteroatoms. The lowest BCUT2D eigenvalue weighted by molar-refractivity contribution is 0.288. The summed E-state index contributed by atoms with van der Waals surface area (Å²) in [5.41, 5.74) is 1.62. The molecule has 0 amide bonds. The maximum absolute atomic E-state index is 15.2. The van der Waals surface area contributed by atoms with Gasteiger partial charge in [0.15, 0.2) is 28.3 Å². The predicted octanol–water partition coefficient (Wildman–Crippen LogP) is 6.34. The first-order chi connectivity index (χ1) is 24.1. The topological polar surface area (TPSA) is 137 Å². The maximum atomic E-state index is 15.2. The second kappa shape index (κ2) is 14.4. The first-order valence-corrected chi connectivity index (χ1v) is 16.6. The van der Waals surface area contributed by atoms with E-state index >= 15 is 4.39 Å². The van der Waals surface area contributed by atoms with Gasteiger partial charge in [-0.05, 0) is 61.4 Å². The number of para-hydroxylation sites is 1. The van der Waals surface area contributed by atoms with Gasteiger partial charge in [-0.2, -0.15) is 4.98 Å². The van der Waals surface area contributed by atoms with Crippen LogP contribution in [0.2, 0.25) is 0 Å². The Labute approximate surface area is 285 Å². The highest BCUT2D eigenvalue weighted by molar-refractivity contribution is 7.98. The minimum atomic E-state index is -0.443. The van der Waals surface area contributed by atoms with Crippen molar-refractivity contribution in [1.82, 2.24) is 39.7 Å². The van der Waals surface area contributed by atoms with Crippen molar-refractivity contribution in [3.05, 3.63) is 84.0 Å². The largest absolute Gasteiger partial charge is 0.493 e. The molecule has 0 bridgehead atoms. The Hall–Kier alpha value is -5.44. The molecule has 1 aliphatic rings. The third-order valence-electron chi connectivity index (χ3n) is 8.11. The van der Waals surface area contributed by atoms with Crippen LogP contribution in [0.1, 0.15) is 36.8 Å². The van der Waals surface area contributed by atoms with Crippen LogP contribution < -0.4 is 18.9 Å². The lowest BCUT2D eigenvalue weighted by atomic mass is 10.1. The molecular formula is C34H33FN8O5S. The molecule has 0 saturated carbocycles. The van der Waals surface area contributed by atoms with E-state index in [4.69, 9.17) is 23.5 Å². The SMILES string of the molecule is COc1cc(-c2nnc(SCc3nc(-c4ccc(OCc5nnc6n5CCCCC6)cc4)no3)n2-c2ccccc2F)cc(OC)c1OC. The van der Waals surface area contributed by atoms with Crippen LogP contribution in [-0.4, -0.2) is 61.0 Å². The second-order valence-corrected chi connectivity index (χ2v) is 12.1. The fourth-order valence-electron chi connectivity index (χ4n) is 5.67. The number of rotatable bonds is 12. The smallest absolute Gasteiger partial charge is 0.237 e. The number of hydrogen-bond donors (Lipinski definition) is 0. The average molecular weight is 685 g/mol. The molecule has 49 heavy (non-hydrogen) atoms. The summed E-state index contributed by atoms with van der Waals surface area (Å²) in [6.45, 7) is 1.27. The minimum absolute atomic E-state index is 0.263. The van der Waals surface area contributed by atoms with E-state index in [0.29, 0.717) is 57.9 Å². The number of benzene rings is 3. The van der Waals surface area contributed by atoms with Crippen LogP contribution in [0.25, 0.3) is 28.5 Å². The summed E-state index contributed by atoms with van der Waals surface area (Å²) in [6, 6.07) is 17.4. The molecule has 13 nitrogen and oxygen atoms in total. The highest BCUT2D eigenvalue weighted by atomic mass is 32.2. The van der Waals surface area contributed by atoms with Gasteiger partial charge < -0.3 is 28.0 Å². The predicted molar refractivity (Wildman–Crippen MR) is 178 cm³/mol. The Balaban J connectivity index is 1.08. The number of aryl methyl sites for hydroxylation is 1. The molecule has 0 fully saturated rings.